The van der Waals surface area contributed by atoms with Gasteiger partial charge in [0.15, 0.2) is 5.58 Å². The molecule has 0 radical (unpaired) electrons. The molecule has 8 heteroatoms. The summed E-state index contributed by atoms with van der Waals surface area (Å²) in [5.74, 6) is 0.0367. The largest absolute Gasteiger partial charge is 0.436 e. The first-order chi connectivity index (χ1) is 16.7. The average Bonchev–Trinajstić information content (AvgIpc) is 3.48. The monoisotopic (exact) mass is 476 g/mol. The van der Waals surface area contributed by atoms with E-state index in [4.69, 9.17) is 4.42 Å². The molecule has 0 saturated heterocycles. The van der Waals surface area contributed by atoms with E-state index >= 15 is 0 Å². The van der Waals surface area contributed by atoms with E-state index in [0.717, 1.165) is 29.5 Å². The maximum absolute atomic E-state index is 13.1. The predicted molar refractivity (Wildman–Crippen MR) is 134 cm³/mol. The second kappa shape index (κ2) is 10.3. The van der Waals surface area contributed by atoms with Crippen LogP contribution in [-0.2, 0) is 9.59 Å². The highest BCUT2D eigenvalue weighted by molar-refractivity contribution is 5.94. The molecule has 0 spiro atoms. The van der Waals surface area contributed by atoms with Crippen LogP contribution < -0.4 is 10.6 Å². The van der Waals surface area contributed by atoms with Gasteiger partial charge in [-0.1, -0.05) is 26.0 Å². The Balaban J connectivity index is 1.36. The SMILES string of the molecule is CC(=O)N[C@H](C(=O)N[C@H]1CC[C@@H](N(C)C(=O)c2ccc(-c3nc4ccccc4o3)cc2)C1)C(C)C. The molecule has 35 heavy (non-hydrogen) atoms. The van der Waals surface area contributed by atoms with Gasteiger partial charge in [-0.2, -0.15) is 0 Å². The van der Waals surface area contributed by atoms with Gasteiger partial charge in [0, 0.05) is 37.2 Å². The van der Waals surface area contributed by atoms with Crippen molar-refractivity contribution >= 4 is 28.8 Å². The van der Waals surface area contributed by atoms with Crippen molar-refractivity contribution in [2.45, 2.75) is 58.2 Å². The molecule has 1 fully saturated rings. The van der Waals surface area contributed by atoms with E-state index in [1.807, 2.05) is 50.2 Å². The van der Waals surface area contributed by atoms with Crippen LogP contribution in [0.4, 0.5) is 0 Å². The number of rotatable bonds is 7. The number of oxazole rings is 1. The first kappa shape index (κ1) is 24.4. The molecule has 3 atom stereocenters. The topological polar surface area (TPSA) is 105 Å². The fourth-order valence-electron chi connectivity index (χ4n) is 4.61. The molecule has 1 heterocycles. The van der Waals surface area contributed by atoms with Gasteiger partial charge in [-0.15, -0.1) is 0 Å². The highest BCUT2D eigenvalue weighted by atomic mass is 16.3. The maximum atomic E-state index is 13.1. The molecule has 0 bridgehead atoms. The lowest BCUT2D eigenvalue weighted by atomic mass is 10.0. The molecular formula is C27H32N4O4. The minimum absolute atomic E-state index is 0.0157. The number of carbonyl (C=O) groups is 3. The van der Waals surface area contributed by atoms with E-state index in [9.17, 15) is 14.4 Å². The molecule has 1 aliphatic carbocycles. The van der Waals surface area contributed by atoms with Crippen molar-refractivity contribution < 1.29 is 18.8 Å². The molecule has 3 aromatic rings. The summed E-state index contributed by atoms with van der Waals surface area (Å²) in [6, 6.07) is 14.3. The van der Waals surface area contributed by atoms with Crippen LogP contribution in [0, 0.1) is 5.92 Å². The third-order valence-corrected chi connectivity index (χ3v) is 6.60. The molecule has 1 aromatic heterocycles. The summed E-state index contributed by atoms with van der Waals surface area (Å²) < 4.78 is 5.82. The Hall–Kier alpha value is -3.68. The number of aromatic nitrogens is 1. The minimum Gasteiger partial charge on any atom is -0.436 e. The first-order valence-corrected chi connectivity index (χ1v) is 12.0. The smallest absolute Gasteiger partial charge is 0.253 e. The number of nitrogens with one attached hydrogen (secondary N) is 2. The highest BCUT2D eigenvalue weighted by Gasteiger charge is 2.33. The Labute approximate surface area is 205 Å². The van der Waals surface area contributed by atoms with Gasteiger partial charge in [0.1, 0.15) is 11.6 Å². The van der Waals surface area contributed by atoms with Crippen LogP contribution in [-0.4, -0.2) is 52.8 Å². The van der Waals surface area contributed by atoms with E-state index in [1.54, 1.807) is 24.1 Å². The van der Waals surface area contributed by atoms with E-state index in [2.05, 4.69) is 15.6 Å². The van der Waals surface area contributed by atoms with Gasteiger partial charge in [-0.25, -0.2) is 4.98 Å². The average molecular weight is 477 g/mol. The van der Waals surface area contributed by atoms with Crippen LogP contribution in [0.2, 0.25) is 0 Å². The summed E-state index contributed by atoms with van der Waals surface area (Å²) in [6.07, 6.45) is 2.27. The van der Waals surface area contributed by atoms with Gasteiger partial charge in [0.05, 0.1) is 0 Å². The van der Waals surface area contributed by atoms with Crippen molar-refractivity contribution in [3.63, 3.8) is 0 Å². The van der Waals surface area contributed by atoms with E-state index in [-0.39, 0.29) is 35.7 Å². The molecular weight excluding hydrogens is 444 g/mol. The van der Waals surface area contributed by atoms with E-state index in [1.165, 1.54) is 6.92 Å². The van der Waals surface area contributed by atoms with Crippen LogP contribution in [0.25, 0.3) is 22.6 Å². The number of benzene rings is 2. The minimum atomic E-state index is -0.564. The molecule has 184 valence electrons. The van der Waals surface area contributed by atoms with Crippen LogP contribution in [0.1, 0.15) is 50.4 Å². The highest BCUT2D eigenvalue weighted by Crippen LogP contribution is 2.27. The maximum Gasteiger partial charge on any atom is 0.253 e. The summed E-state index contributed by atoms with van der Waals surface area (Å²) in [6.45, 7) is 5.22. The van der Waals surface area contributed by atoms with Crippen LogP contribution in [0.3, 0.4) is 0 Å². The number of para-hydroxylation sites is 2. The summed E-state index contributed by atoms with van der Waals surface area (Å²) in [7, 11) is 1.81. The zero-order valence-corrected chi connectivity index (χ0v) is 20.6. The fraction of sp³-hybridized carbons (Fsp3) is 0.407. The van der Waals surface area contributed by atoms with E-state index < -0.39 is 6.04 Å². The summed E-state index contributed by atoms with van der Waals surface area (Å²) in [4.78, 5) is 43.5. The summed E-state index contributed by atoms with van der Waals surface area (Å²) >= 11 is 0. The zero-order valence-electron chi connectivity index (χ0n) is 20.6. The molecule has 2 aromatic carbocycles. The lowest BCUT2D eigenvalue weighted by Crippen LogP contribution is -2.51. The van der Waals surface area contributed by atoms with Gasteiger partial charge in [0.25, 0.3) is 5.91 Å². The lowest BCUT2D eigenvalue weighted by molar-refractivity contribution is -0.129. The first-order valence-electron chi connectivity index (χ1n) is 12.0. The number of amides is 3. The van der Waals surface area contributed by atoms with Crippen molar-refractivity contribution in [2.24, 2.45) is 5.92 Å². The van der Waals surface area contributed by atoms with Crippen LogP contribution >= 0.6 is 0 Å². The molecule has 0 aliphatic heterocycles. The van der Waals surface area contributed by atoms with Gasteiger partial charge in [-0.05, 0) is 61.6 Å². The van der Waals surface area contributed by atoms with Crippen molar-refractivity contribution in [2.75, 3.05) is 7.05 Å². The van der Waals surface area contributed by atoms with Crippen LogP contribution in [0.5, 0.6) is 0 Å². The molecule has 0 unspecified atom stereocenters. The summed E-state index contributed by atoms with van der Waals surface area (Å²) in [5, 5.41) is 5.78. The molecule has 2 N–H and O–H groups in total. The Morgan fingerprint density at radius 1 is 1.06 bits per heavy atom. The van der Waals surface area contributed by atoms with E-state index in [0.29, 0.717) is 17.9 Å². The number of hydrogen-bond acceptors (Lipinski definition) is 5. The Bertz CT molecular complexity index is 1180. The third-order valence-electron chi connectivity index (χ3n) is 6.60. The van der Waals surface area contributed by atoms with Crippen molar-refractivity contribution in [3.05, 3.63) is 54.1 Å². The summed E-state index contributed by atoms with van der Waals surface area (Å²) in [5.41, 5.74) is 2.91. The molecule has 4 rings (SSSR count). The zero-order chi connectivity index (χ0) is 25.1. The molecule has 8 nitrogen and oxygen atoms in total. The Morgan fingerprint density at radius 2 is 1.77 bits per heavy atom. The number of nitrogens with zero attached hydrogens (tertiary/aromatic N) is 2. The molecule has 3 amide bonds. The second-order valence-corrected chi connectivity index (χ2v) is 9.57. The van der Waals surface area contributed by atoms with Crippen molar-refractivity contribution in [1.82, 2.24) is 20.5 Å². The number of fused-ring (bicyclic) bond motifs is 1. The quantitative estimate of drug-likeness (QED) is 0.540. The van der Waals surface area contributed by atoms with Crippen molar-refractivity contribution in [1.29, 1.82) is 0 Å². The van der Waals surface area contributed by atoms with Crippen molar-refractivity contribution in [3.8, 4) is 11.5 Å². The lowest BCUT2D eigenvalue weighted by Gasteiger charge is -2.26. The van der Waals surface area contributed by atoms with Gasteiger partial charge < -0.3 is 20.0 Å². The predicted octanol–water partition coefficient (Wildman–Crippen LogP) is 3.76. The fourth-order valence-corrected chi connectivity index (χ4v) is 4.61. The second-order valence-electron chi connectivity index (χ2n) is 9.57. The Morgan fingerprint density at radius 3 is 2.43 bits per heavy atom. The molecule has 1 aliphatic rings. The Kier molecular flexibility index (Phi) is 7.19. The number of carbonyl (C=O) groups excluding carboxylic acids is 3. The molecule has 1 saturated carbocycles. The standard InChI is InChI=1S/C27H32N4O4/c1-16(2)24(28-17(3)32)25(33)29-20-13-14-21(15-20)31(4)27(34)19-11-9-18(10-12-19)26-30-22-7-5-6-8-23(22)35-26/h5-12,16,20-21,24H,13-15H2,1-4H3,(H,28,32)(H,29,33)/t20-,21+,24-/m0/s1. The third kappa shape index (κ3) is 5.53. The van der Waals surface area contributed by atoms with Gasteiger partial charge >= 0.3 is 0 Å². The van der Waals surface area contributed by atoms with Gasteiger partial charge in [-0.3, -0.25) is 14.4 Å². The normalized spacial score (nSPS) is 18.4. The van der Waals surface area contributed by atoms with Gasteiger partial charge in [0.2, 0.25) is 17.7 Å². The van der Waals surface area contributed by atoms with Crippen LogP contribution in [0.15, 0.2) is 52.9 Å². The number of hydrogen-bond donors (Lipinski definition) is 2.